The highest BCUT2D eigenvalue weighted by atomic mass is 16.3. The zero-order valence-electron chi connectivity index (χ0n) is 11.2. The minimum absolute atomic E-state index is 0.525. The summed E-state index contributed by atoms with van der Waals surface area (Å²) in [7, 11) is 0. The number of furan rings is 1. The maximum Gasteiger partial charge on any atom is 0.108 e. The van der Waals surface area contributed by atoms with Gasteiger partial charge in [0.2, 0.25) is 0 Å². The van der Waals surface area contributed by atoms with Crippen molar-refractivity contribution in [3.05, 3.63) is 23.7 Å². The number of likely N-dealkylation sites (tertiary alicyclic amines) is 1. The molecule has 1 aliphatic heterocycles. The van der Waals surface area contributed by atoms with E-state index in [1.807, 2.05) is 6.26 Å². The molecule has 2 aliphatic rings. The highest BCUT2D eigenvalue weighted by molar-refractivity contribution is 5.23. The van der Waals surface area contributed by atoms with Crippen LogP contribution in [0.2, 0.25) is 0 Å². The van der Waals surface area contributed by atoms with Crippen molar-refractivity contribution in [2.75, 3.05) is 26.2 Å². The first-order chi connectivity index (χ1) is 8.93. The Hall–Kier alpha value is -0.800. The number of rotatable bonds is 4. The molecule has 0 radical (unpaired) electrons. The molecule has 0 amide bonds. The zero-order valence-corrected chi connectivity index (χ0v) is 11.2. The highest BCUT2D eigenvalue weighted by Crippen LogP contribution is 2.30. The molecule has 0 spiro atoms. The molecular weight excluding hydrogens is 224 g/mol. The fourth-order valence-electron chi connectivity index (χ4n) is 3.28. The Morgan fingerprint density at radius 3 is 3.00 bits per heavy atom. The minimum Gasteiger partial charge on any atom is -0.469 e. The molecule has 2 heterocycles. The van der Waals surface area contributed by atoms with Gasteiger partial charge in [-0.15, -0.1) is 0 Å². The second-order valence-electron chi connectivity index (χ2n) is 5.60. The normalized spacial score (nSPS) is 25.0. The molecule has 1 fully saturated rings. The third kappa shape index (κ3) is 2.78. The number of hydrogen-bond acceptors (Lipinski definition) is 3. The molecule has 3 rings (SSSR count). The summed E-state index contributed by atoms with van der Waals surface area (Å²) in [5.41, 5.74) is 1.40. The van der Waals surface area contributed by atoms with Crippen LogP contribution in [0.5, 0.6) is 0 Å². The number of fused-ring (bicyclic) bond motifs is 1. The van der Waals surface area contributed by atoms with Crippen molar-refractivity contribution in [3.63, 3.8) is 0 Å². The molecule has 1 N–H and O–H groups in total. The third-order valence-electron chi connectivity index (χ3n) is 4.32. The first kappa shape index (κ1) is 12.2. The molecule has 3 nitrogen and oxygen atoms in total. The van der Waals surface area contributed by atoms with E-state index in [0.29, 0.717) is 6.04 Å². The van der Waals surface area contributed by atoms with Crippen molar-refractivity contribution in [2.24, 2.45) is 0 Å². The van der Waals surface area contributed by atoms with Crippen LogP contribution in [-0.2, 0) is 6.42 Å². The van der Waals surface area contributed by atoms with Crippen LogP contribution in [0.4, 0.5) is 0 Å². The maximum atomic E-state index is 5.53. The van der Waals surface area contributed by atoms with E-state index in [1.165, 1.54) is 63.1 Å². The van der Waals surface area contributed by atoms with Crippen LogP contribution < -0.4 is 5.32 Å². The number of piperidine rings is 1. The standard InChI is InChI=1S/C15H24N2O/c1-2-9-17(10-3-1)11-8-16-14-5-4-6-15-13(14)7-12-18-15/h7,12,14,16H,1-6,8-11H2. The summed E-state index contributed by atoms with van der Waals surface area (Å²) >= 11 is 0. The minimum atomic E-state index is 0.525. The topological polar surface area (TPSA) is 28.4 Å². The molecular formula is C15H24N2O. The fraction of sp³-hybridized carbons (Fsp3) is 0.733. The van der Waals surface area contributed by atoms with Crippen LogP contribution in [0.1, 0.15) is 49.5 Å². The van der Waals surface area contributed by atoms with E-state index in [1.54, 1.807) is 0 Å². The average Bonchev–Trinajstić information content (AvgIpc) is 2.89. The van der Waals surface area contributed by atoms with E-state index in [2.05, 4.69) is 16.3 Å². The molecule has 1 unspecified atom stereocenters. The zero-order chi connectivity index (χ0) is 12.2. The van der Waals surface area contributed by atoms with Gasteiger partial charge in [0.05, 0.1) is 6.26 Å². The van der Waals surface area contributed by atoms with Crippen molar-refractivity contribution in [2.45, 2.75) is 44.6 Å². The van der Waals surface area contributed by atoms with Crippen molar-refractivity contribution in [1.82, 2.24) is 10.2 Å². The molecule has 0 bridgehead atoms. The van der Waals surface area contributed by atoms with Gasteiger partial charge >= 0.3 is 0 Å². The SMILES string of the molecule is c1cc2c(o1)CCCC2NCCN1CCCCC1. The summed E-state index contributed by atoms with van der Waals surface area (Å²) in [5, 5.41) is 3.71. The van der Waals surface area contributed by atoms with Crippen LogP contribution in [0.15, 0.2) is 16.7 Å². The van der Waals surface area contributed by atoms with E-state index >= 15 is 0 Å². The molecule has 1 aliphatic carbocycles. The average molecular weight is 248 g/mol. The lowest BCUT2D eigenvalue weighted by Crippen LogP contribution is -2.37. The second-order valence-corrected chi connectivity index (χ2v) is 5.60. The van der Waals surface area contributed by atoms with Gasteiger partial charge in [-0.2, -0.15) is 0 Å². The Bertz CT molecular complexity index is 368. The van der Waals surface area contributed by atoms with Gasteiger partial charge in [0.1, 0.15) is 5.76 Å². The number of hydrogen-bond donors (Lipinski definition) is 1. The molecule has 1 atom stereocenters. The monoisotopic (exact) mass is 248 g/mol. The van der Waals surface area contributed by atoms with E-state index in [0.717, 1.165) is 13.0 Å². The van der Waals surface area contributed by atoms with Gasteiger partial charge in [0, 0.05) is 31.1 Å². The Labute approximate surface area is 110 Å². The molecule has 1 aromatic rings. The summed E-state index contributed by atoms with van der Waals surface area (Å²) in [6.07, 6.45) is 9.66. The Balaban J connectivity index is 1.46. The Morgan fingerprint density at radius 2 is 2.11 bits per heavy atom. The Morgan fingerprint density at radius 1 is 1.22 bits per heavy atom. The summed E-state index contributed by atoms with van der Waals surface area (Å²) in [5.74, 6) is 1.21. The summed E-state index contributed by atoms with van der Waals surface area (Å²) < 4.78 is 5.53. The lowest BCUT2D eigenvalue weighted by atomic mass is 9.93. The molecule has 18 heavy (non-hydrogen) atoms. The lowest BCUT2D eigenvalue weighted by molar-refractivity contribution is 0.224. The van der Waals surface area contributed by atoms with Gasteiger partial charge in [-0.3, -0.25) is 0 Å². The third-order valence-corrected chi connectivity index (χ3v) is 4.32. The van der Waals surface area contributed by atoms with Gasteiger partial charge in [0.25, 0.3) is 0 Å². The van der Waals surface area contributed by atoms with Gasteiger partial charge in [-0.05, 0) is 44.8 Å². The van der Waals surface area contributed by atoms with Gasteiger partial charge in [-0.1, -0.05) is 6.42 Å². The molecule has 1 saturated heterocycles. The largest absolute Gasteiger partial charge is 0.469 e. The smallest absolute Gasteiger partial charge is 0.108 e. The number of aryl methyl sites for hydroxylation is 1. The number of nitrogens with zero attached hydrogens (tertiary/aromatic N) is 1. The van der Waals surface area contributed by atoms with Crippen molar-refractivity contribution < 1.29 is 4.42 Å². The van der Waals surface area contributed by atoms with Gasteiger partial charge in [-0.25, -0.2) is 0 Å². The van der Waals surface area contributed by atoms with Crippen LogP contribution >= 0.6 is 0 Å². The quantitative estimate of drug-likeness (QED) is 0.888. The molecule has 1 aromatic heterocycles. The van der Waals surface area contributed by atoms with Crippen LogP contribution in [0.25, 0.3) is 0 Å². The molecule has 100 valence electrons. The van der Waals surface area contributed by atoms with Gasteiger partial charge in [0.15, 0.2) is 0 Å². The van der Waals surface area contributed by atoms with Crippen molar-refractivity contribution in [1.29, 1.82) is 0 Å². The summed E-state index contributed by atoms with van der Waals surface area (Å²) in [4.78, 5) is 2.59. The summed E-state index contributed by atoms with van der Waals surface area (Å²) in [6, 6.07) is 2.67. The van der Waals surface area contributed by atoms with Crippen LogP contribution in [-0.4, -0.2) is 31.1 Å². The number of nitrogens with one attached hydrogen (secondary N) is 1. The first-order valence-electron chi connectivity index (χ1n) is 7.45. The van der Waals surface area contributed by atoms with E-state index in [4.69, 9.17) is 4.42 Å². The van der Waals surface area contributed by atoms with E-state index < -0.39 is 0 Å². The molecule has 0 aromatic carbocycles. The van der Waals surface area contributed by atoms with E-state index in [9.17, 15) is 0 Å². The van der Waals surface area contributed by atoms with Crippen molar-refractivity contribution in [3.8, 4) is 0 Å². The van der Waals surface area contributed by atoms with Gasteiger partial charge < -0.3 is 14.6 Å². The lowest BCUT2D eigenvalue weighted by Gasteiger charge is -2.28. The Kier molecular flexibility index (Phi) is 4.01. The predicted octanol–water partition coefficient (Wildman–Crippen LogP) is 2.73. The fourth-order valence-corrected chi connectivity index (χ4v) is 3.28. The van der Waals surface area contributed by atoms with Crippen molar-refractivity contribution >= 4 is 0 Å². The maximum absolute atomic E-state index is 5.53. The molecule has 0 saturated carbocycles. The highest BCUT2D eigenvalue weighted by Gasteiger charge is 2.22. The molecule has 3 heteroatoms. The second kappa shape index (κ2) is 5.89. The van der Waals surface area contributed by atoms with E-state index in [-0.39, 0.29) is 0 Å². The van der Waals surface area contributed by atoms with Crippen LogP contribution in [0, 0.1) is 0 Å². The van der Waals surface area contributed by atoms with Crippen LogP contribution in [0.3, 0.4) is 0 Å². The predicted molar refractivity (Wildman–Crippen MR) is 72.7 cm³/mol. The summed E-state index contributed by atoms with van der Waals surface area (Å²) in [6.45, 7) is 4.89. The first-order valence-corrected chi connectivity index (χ1v) is 7.45.